The molecule has 5 aliphatic rings. The summed E-state index contributed by atoms with van der Waals surface area (Å²) in [5.74, 6) is 0.988. The van der Waals surface area contributed by atoms with Crippen LogP contribution in [0.2, 0.25) is 0 Å². The second-order valence-corrected chi connectivity index (χ2v) is 8.20. The van der Waals surface area contributed by atoms with Gasteiger partial charge in [-0.3, -0.25) is 9.69 Å². The summed E-state index contributed by atoms with van der Waals surface area (Å²) in [6.45, 7) is 2.48. The Morgan fingerprint density at radius 3 is 2.95 bits per heavy atom. The van der Waals surface area contributed by atoms with Gasteiger partial charge < -0.3 is 4.90 Å². The van der Waals surface area contributed by atoms with Crippen molar-refractivity contribution in [3.05, 3.63) is 29.8 Å². The number of amides is 1. The Balaban J connectivity index is 1.65. The summed E-state index contributed by atoms with van der Waals surface area (Å²) in [6, 6.07) is 9.37. The number of fused-ring (bicyclic) bond motifs is 3. The number of piperidine rings is 3. The SMILES string of the molecule is O=C1C[C@]23CCCN4CC[C@@H]5c6ccccc6N1[C@]5(CC2)[C@H]43. The second kappa shape index (κ2) is 3.59. The molecule has 1 aromatic carbocycles. The number of benzene rings is 1. The van der Waals surface area contributed by atoms with Crippen LogP contribution < -0.4 is 4.90 Å². The van der Waals surface area contributed by atoms with E-state index >= 15 is 0 Å². The van der Waals surface area contributed by atoms with Gasteiger partial charge in [0.2, 0.25) is 5.91 Å². The standard InChI is InChI=1S/C19H22N2O/c22-16-12-18-7-3-10-20-11-6-14-13-4-1-2-5-15(13)21(16)19(14,9-8-18)17(18)20/h1-2,4-5,14,17H,3,6-12H2/t14-,17-,18+,19+/m1/s1. The summed E-state index contributed by atoms with van der Waals surface area (Å²) < 4.78 is 0. The topological polar surface area (TPSA) is 23.6 Å². The van der Waals surface area contributed by atoms with E-state index in [0.29, 0.717) is 23.3 Å². The van der Waals surface area contributed by atoms with Gasteiger partial charge in [0.25, 0.3) is 0 Å². The molecule has 4 aliphatic heterocycles. The fraction of sp³-hybridized carbons (Fsp3) is 0.632. The maximum absolute atomic E-state index is 13.1. The lowest BCUT2D eigenvalue weighted by Crippen LogP contribution is -2.73. The third-order valence-corrected chi connectivity index (χ3v) is 7.59. The molecule has 1 saturated carbocycles. The highest BCUT2D eigenvalue weighted by molar-refractivity contribution is 6.00. The molecule has 0 radical (unpaired) electrons. The quantitative estimate of drug-likeness (QED) is 0.734. The van der Waals surface area contributed by atoms with Gasteiger partial charge in [-0.2, -0.15) is 0 Å². The molecule has 4 fully saturated rings. The van der Waals surface area contributed by atoms with Crippen LogP contribution >= 0.6 is 0 Å². The zero-order valence-electron chi connectivity index (χ0n) is 12.9. The fourth-order valence-corrected chi connectivity index (χ4v) is 7.18. The van der Waals surface area contributed by atoms with E-state index in [-0.39, 0.29) is 5.54 Å². The minimum absolute atomic E-state index is 0.0949. The highest BCUT2D eigenvalue weighted by Crippen LogP contribution is 2.69. The average Bonchev–Trinajstić information content (AvgIpc) is 2.98. The lowest BCUT2D eigenvalue weighted by atomic mass is 9.61. The normalized spacial score (nSPS) is 44.9. The van der Waals surface area contributed by atoms with Gasteiger partial charge in [-0.1, -0.05) is 18.2 Å². The number of anilines is 1. The first-order valence-corrected chi connectivity index (χ1v) is 8.92. The van der Waals surface area contributed by atoms with Crippen LogP contribution in [0.3, 0.4) is 0 Å². The van der Waals surface area contributed by atoms with Crippen molar-refractivity contribution in [1.82, 2.24) is 4.90 Å². The molecule has 0 N–H and O–H groups in total. The molecular formula is C19H22N2O. The molecule has 114 valence electrons. The van der Waals surface area contributed by atoms with Crippen molar-refractivity contribution in [1.29, 1.82) is 0 Å². The van der Waals surface area contributed by atoms with Crippen LogP contribution in [-0.2, 0) is 4.79 Å². The number of para-hydroxylation sites is 1. The van der Waals surface area contributed by atoms with Crippen molar-refractivity contribution in [2.45, 2.75) is 56.0 Å². The molecule has 0 unspecified atom stereocenters. The monoisotopic (exact) mass is 294 g/mol. The molecule has 3 nitrogen and oxygen atoms in total. The first-order chi connectivity index (χ1) is 10.8. The lowest BCUT2D eigenvalue weighted by Gasteiger charge is -2.61. The van der Waals surface area contributed by atoms with Gasteiger partial charge in [-0.25, -0.2) is 0 Å². The zero-order valence-corrected chi connectivity index (χ0v) is 12.9. The number of hydrogen-bond acceptors (Lipinski definition) is 2. The molecule has 1 spiro atoms. The van der Waals surface area contributed by atoms with Gasteiger partial charge >= 0.3 is 0 Å². The molecule has 1 amide bonds. The predicted octanol–water partition coefficient (Wildman–Crippen LogP) is 2.91. The number of nitrogens with zero attached hydrogens (tertiary/aromatic N) is 2. The molecular weight excluding hydrogens is 272 g/mol. The molecule has 3 saturated heterocycles. The van der Waals surface area contributed by atoms with Gasteiger partial charge in [-0.05, 0) is 62.2 Å². The molecule has 1 aliphatic carbocycles. The van der Waals surface area contributed by atoms with Crippen LogP contribution in [0.25, 0.3) is 0 Å². The first kappa shape index (κ1) is 12.1. The Morgan fingerprint density at radius 2 is 2.00 bits per heavy atom. The predicted molar refractivity (Wildman–Crippen MR) is 84.9 cm³/mol. The van der Waals surface area contributed by atoms with Crippen LogP contribution in [0.1, 0.15) is 50.0 Å². The van der Waals surface area contributed by atoms with Crippen molar-refractivity contribution in [3.8, 4) is 0 Å². The maximum Gasteiger partial charge on any atom is 0.228 e. The second-order valence-electron chi connectivity index (χ2n) is 8.20. The van der Waals surface area contributed by atoms with Crippen molar-refractivity contribution >= 4 is 11.6 Å². The number of carbonyl (C=O) groups excluding carboxylic acids is 1. The number of carbonyl (C=O) groups is 1. The number of hydrogen-bond donors (Lipinski definition) is 0. The van der Waals surface area contributed by atoms with Crippen molar-refractivity contribution in [3.63, 3.8) is 0 Å². The molecule has 6 rings (SSSR count). The lowest BCUT2D eigenvalue weighted by molar-refractivity contribution is -0.132. The summed E-state index contributed by atoms with van der Waals surface area (Å²) in [5.41, 5.74) is 3.09. The molecule has 2 bridgehead atoms. The van der Waals surface area contributed by atoms with Gasteiger partial charge in [-0.15, -0.1) is 0 Å². The minimum atomic E-state index is 0.0949. The summed E-state index contributed by atoms with van der Waals surface area (Å²) in [7, 11) is 0. The first-order valence-electron chi connectivity index (χ1n) is 8.92. The Kier molecular flexibility index (Phi) is 1.98. The van der Waals surface area contributed by atoms with Crippen LogP contribution in [0.15, 0.2) is 24.3 Å². The molecule has 4 heterocycles. The summed E-state index contributed by atoms with van der Waals surface area (Å²) in [4.78, 5) is 18.2. The zero-order chi connectivity index (χ0) is 14.5. The van der Waals surface area contributed by atoms with E-state index in [1.807, 2.05) is 0 Å². The van der Waals surface area contributed by atoms with Crippen LogP contribution in [-0.4, -0.2) is 35.5 Å². The largest absolute Gasteiger partial charge is 0.304 e. The smallest absolute Gasteiger partial charge is 0.228 e. The van der Waals surface area contributed by atoms with Crippen LogP contribution in [0, 0.1) is 5.41 Å². The van der Waals surface area contributed by atoms with Crippen molar-refractivity contribution < 1.29 is 4.79 Å². The molecule has 4 atom stereocenters. The minimum Gasteiger partial charge on any atom is -0.304 e. The van der Waals surface area contributed by atoms with Gasteiger partial charge in [0, 0.05) is 24.1 Å². The summed E-state index contributed by atoms with van der Waals surface area (Å²) >= 11 is 0. The van der Waals surface area contributed by atoms with Gasteiger partial charge in [0.05, 0.1) is 5.54 Å². The van der Waals surface area contributed by atoms with E-state index in [1.165, 1.54) is 56.4 Å². The van der Waals surface area contributed by atoms with E-state index in [9.17, 15) is 4.79 Å². The molecule has 1 aromatic rings. The Labute approximate surface area is 131 Å². The third kappa shape index (κ3) is 1.07. The highest BCUT2D eigenvalue weighted by atomic mass is 16.2. The van der Waals surface area contributed by atoms with E-state index in [2.05, 4.69) is 34.1 Å². The Hall–Kier alpha value is -1.35. The van der Waals surface area contributed by atoms with Crippen LogP contribution in [0.5, 0.6) is 0 Å². The third-order valence-electron chi connectivity index (χ3n) is 7.59. The van der Waals surface area contributed by atoms with E-state index in [1.54, 1.807) is 0 Å². The van der Waals surface area contributed by atoms with E-state index in [0.717, 1.165) is 6.42 Å². The van der Waals surface area contributed by atoms with Crippen molar-refractivity contribution in [2.24, 2.45) is 5.41 Å². The maximum atomic E-state index is 13.1. The Bertz CT molecular complexity index is 700. The van der Waals surface area contributed by atoms with E-state index < -0.39 is 0 Å². The fourth-order valence-electron chi connectivity index (χ4n) is 7.18. The highest BCUT2D eigenvalue weighted by Gasteiger charge is 2.73. The van der Waals surface area contributed by atoms with E-state index in [4.69, 9.17) is 0 Å². The summed E-state index contributed by atoms with van der Waals surface area (Å²) in [5, 5.41) is 0. The van der Waals surface area contributed by atoms with Crippen LogP contribution in [0.4, 0.5) is 5.69 Å². The van der Waals surface area contributed by atoms with Gasteiger partial charge in [0.15, 0.2) is 0 Å². The molecule has 22 heavy (non-hydrogen) atoms. The molecule has 0 aromatic heterocycles. The Morgan fingerprint density at radius 1 is 1.09 bits per heavy atom. The summed E-state index contributed by atoms with van der Waals surface area (Å²) in [6.07, 6.45) is 7.07. The number of rotatable bonds is 0. The average molecular weight is 294 g/mol. The van der Waals surface area contributed by atoms with Gasteiger partial charge in [0.1, 0.15) is 0 Å². The molecule has 3 heteroatoms. The van der Waals surface area contributed by atoms with Crippen molar-refractivity contribution in [2.75, 3.05) is 18.0 Å².